The maximum atomic E-state index is 11.4. The lowest BCUT2D eigenvalue weighted by atomic mass is 10.2. The topological polar surface area (TPSA) is 92.5 Å². The number of nitrogens with one attached hydrogen (secondary N) is 1. The third kappa shape index (κ3) is 2.39. The number of rotatable bonds is 2. The van der Waals surface area contributed by atoms with Gasteiger partial charge in [-0.05, 0) is 24.3 Å². The molecule has 3 amide bonds. The Bertz CT molecular complexity index is 507. The Morgan fingerprint density at radius 1 is 1.06 bits per heavy atom. The van der Waals surface area contributed by atoms with Crippen LogP contribution in [-0.2, 0) is 9.59 Å². The summed E-state index contributed by atoms with van der Waals surface area (Å²) in [4.78, 5) is 35.0. The first-order valence-electron chi connectivity index (χ1n) is 4.80. The van der Waals surface area contributed by atoms with E-state index in [1.54, 1.807) is 0 Å². The highest BCUT2D eigenvalue weighted by atomic mass is 35.5. The fourth-order valence-electron chi connectivity index (χ4n) is 1.50. The van der Waals surface area contributed by atoms with Crippen molar-refractivity contribution >= 4 is 35.8 Å². The van der Waals surface area contributed by atoms with Crippen LogP contribution < -0.4 is 16.2 Å². The number of amides is 3. The summed E-state index contributed by atoms with van der Waals surface area (Å²) in [6, 6.07) is 5.98. The van der Waals surface area contributed by atoms with E-state index in [1.165, 1.54) is 36.4 Å². The third-order valence-corrected chi connectivity index (χ3v) is 2.33. The SMILES string of the molecule is Cl.NNC(=O)c1ccc(N2C(=O)C=CC2=O)cc1. The lowest BCUT2D eigenvalue weighted by Gasteiger charge is -2.13. The van der Waals surface area contributed by atoms with Gasteiger partial charge in [-0.3, -0.25) is 19.8 Å². The molecule has 2 rings (SSSR count). The summed E-state index contributed by atoms with van der Waals surface area (Å²) in [6.07, 6.45) is 2.39. The second-order valence-electron chi connectivity index (χ2n) is 3.37. The minimum absolute atomic E-state index is 0. The highest BCUT2D eigenvalue weighted by Gasteiger charge is 2.24. The van der Waals surface area contributed by atoms with Crippen LogP contribution in [0.2, 0.25) is 0 Å². The van der Waals surface area contributed by atoms with Gasteiger partial charge in [-0.2, -0.15) is 0 Å². The molecule has 0 aromatic heterocycles. The molecule has 0 unspecified atom stereocenters. The highest BCUT2D eigenvalue weighted by Crippen LogP contribution is 2.19. The first kappa shape index (κ1) is 13.9. The van der Waals surface area contributed by atoms with E-state index in [9.17, 15) is 14.4 Å². The fraction of sp³-hybridized carbons (Fsp3) is 0. The Balaban J connectivity index is 0.00000162. The molecule has 1 aliphatic heterocycles. The standard InChI is InChI=1S/C11H9N3O3.ClH/c12-13-11(17)7-1-3-8(4-2-7)14-9(15)5-6-10(14)16;/h1-6H,12H2,(H,13,17);1H. The van der Waals surface area contributed by atoms with Gasteiger partial charge in [-0.15, -0.1) is 12.4 Å². The number of benzene rings is 1. The van der Waals surface area contributed by atoms with Gasteiger partial charge in [0.25, 0.3) is 17.7 Å². The van der Waals surface area contributed by atoms with Gasteiger partial charge in [0.2, 0.25) is 0 Å². The van der Waals surface area contributed by atoms with E-state index in [0.717, 1.165) is 4.90 Å². The molecule has 0 saturated carbocycles. The quantitative estimate of drug-likeness (QED) is 0.345. The average molecular weight is 268 g/mol. The number of halogens is 1. The van der Waals surface area contributed by atoms with Crippen molar-refractivity contribution in [3.63, 3.8) is 0 Å². The van der Waals surface area contributed by atoms with Gasteiger partial charge in [0.15, 0.2) is 0 Å². The van der Waals surface area contributed by atoms with Crippen molar-refractivity contribution in [3.8, 4) is 0 Å². The van der Waals surface area contributed by atoms with E-state index in [2.05, 4.69) is 0 Å². The number of hydrogen-bond acceptors (Lipinski definition) is 4. The fourth-order valence-corrected chi connectivity index (χ4v) is 1.50. The molecule has 0 atom stereocenters. The van der Waals surface area contributed by atoms with Gasteiger partial charge in [-0.25, -0.2) is 10.7 Å². The number of anilines is 1. The van der Waals surface area contributed by atoms with Crippen LogP contribution in [0, 0.1) is 0 Å². The maximum absolute atomic E-state index is 11.4. The van der Waals surface area contributed by atoms with Gasteiger partial charge in [0, 0.05) is 17.7 Å². The van der Waals surface area contributed by atoms with Crippen molar-refractivity contribution in [3.05, 3.63) is 42.0 Å². The second-order valence-corrected chi connectivity index (χ2v) is 3.37. The summed E-state index contributed by atoms with van der Waals surface area (Å²) in [5, 5.41) is 0. The summed E-state index contributed by atoms with van der Waals surface area (Å²) in [7, 11) is 0. The zero-order chi connectivity index (χ0) is 12.4. The number of carbonyl (C=O) groups excluding carboxylic acids is 3. The lowest BCUT2D eigenvalue weighted by molar-refractivity contribution is -0.119. The molecule has 0 saturated heterocycles. The van der Waals surface area contributed by atoms with Crippen LogP contribution in [0.4, 0.5) is 5.69 Å². The summed E-state index contributed by atoms with van der Waals surface area (Å²) in [6.45, 7) is 0. The summed E-state index contributed by atoms with van der Waals surface area (Å²) >= 11 is 0. The highest BCUT2D eigenvalue weighted by molar-refractivity contribution is 6.28. The first-order valence-corrected chi connectivity index (χ1v) is 4.80. The molecule has 7 heteroatoms. The zero-order valence-electron chi connectivity index (χ0n) is 9.12. The molecule has 0 aliphatic carbocycles. The van der Waals surface area contributed by atoms with E-state index in [-0.39, 0.29) is 12.4 Å². The molecule has 6 nitrogen and oxygen atoms in total. The van der Waals surface area contributed by atoms with E-state index in [1.807, 2.05) is 5.43 Å². The number of hydrogen-bond donors (Lipinski definition) is 2. The number of hydrazine groups is 1. The van der Waals surface area contributed by atoms with Crippen molar-refractivity contribution < 1.29 is 14.4 Å². The van der Waals surface area contributed by atoms with Crippen LogP contribution in [0.1, 0.15) is 10.4 Å². The maximum Gasteiger partial charge on any atom is 0.265 e. The molecule has 0 radical (unpaired) electrons. The Hall–Kier alpha value is -2.18. The molecule has 94 valence electrons. The Labute approximate surface area is 109 Å². The summed E-state index contributed by atoms with van der Waals surface area (Å²) < 4.78 is 0. The monoisotopic (exact) mass is 267 g/mol. The van der Waals surface area contributed by atoms with E-state index >= 15 is 0 Å². The van der Waals surface area contributed by atoms with Gasteiger partial charge in [0.05, 0.1) is 5.69 Å². The van der Waals surface area contributed by atoms with Gasteiger partial charge >= 0.3 is 0 Å². The molecule has 18 heavy (non-hydrogen) atoms. The minimum atomic E-state index is -0.436. The number of carbonyl (C=O) groups is 3. The van der Waals surface area contributed by atoms with Crippen molar-refractivity contribution in [2.45, 2.75) is 0 Å². The number of nitrogens with zero attached hydrogens (tertiary/aromatic N) is 1. The van der Waals surface area contributed by atoms with E-state index < -0.39 is 17.7 Å². The first-order chi connectivity index (χ1) is 8.13. The Kier molecular flexibility index (Phi) is 4.19. The van der Waals surface area contributed by atoms with Crippen molar-refractivity contribution in [2.24, 2.45) is 5.84 Å². The number of nitrogen functional groups attached to an aromatic ring is 1. The van der Waals surface area contributed by atoms with Crippen molar-refractivity contribution in [1.29, 1.82) is 0 Å². The van der Waals surface area contributed by atoms with Crippen molar-refractivity contribution in [2.75, 3.05) is 4.90 Å². The molecule has 1 aliphatic rings. The average Bonchev–Trinajstić information content (AvgIpc) is 2.68. The van der Waals surface area contributed by atoms with Crippen LogP contribution in [0.3, 0.4) is 0 Å². The Morgan fingerprint density at radius 3 is 2.00 bits per heavy atom. The molecule has 1 aromatic rings. The molecule has 1 heterocycles. The zero-order valence-corrected chi connectivity index (χ0v) is 9.94. The smallest absolute Gasteiger partial charge is 0.265 e. The summed E-state index contributed by atoms with van der Waals surface area (Å²) in [5.41, 5.74) is 2.75. The van der Waals surface area contributed by atoms with Crippen LogP contribution in [0.5, 0.6) is 0 Å². The minimum Gasteiger partial charge on any atom is -0.290 e. The van der Waals surface area contributed by atoms with E-state index in [0.29, 0.717) is 11.3 Å². The second kappa shape index (κ2) is 5.44. The van der Waals surface area contributed by atoms with E-state index in [4.69, 9.17) is 5.84 Å². The Morgan fingerprint density at radius 2 is 1.56 bits per heavy atom. The largest absolute Gasteiger partial charge is 0.290 e. The third-order valence-electron chi connectivity index (χ3n) is 2.33. The van der Waals surface area contributed by atoms with Gasteiger partial charge < -0.3 is 0 Å². The molecule has 3 N–H and O–H groups in total. The molecular formula is C11H10ClN3O3. The molecular weight excluding hydrogens is 258 g/mol. The predicted octanol–water partition coefficient (Wildman–Crippen LogP) is 0.141. The molecule has 0 bridgehead atoms. The number of imide groups is 1. The number of nitrogens with two attached hydrogens (primary N) is 1. The van der Waals surface area contributed by atoms with Crippen LogP contribution in [-0.4, -0.2) is 17.7 Å². The molecule has 0 spiro atoms. The van der Waals surface area contributed by atoms with Gasteiger partial charge in [-0.1, -0.05) is 0 Å². The van der Waals surface area contributed by atoms with Crippen LogP contribution in [0.15, 0.2) is 36.4 Å². The predicted molar refractivity (Wildman–Crippen MR) is 67.0 cm³/mol. The summed E-state index contributed by atoms with van der Waals surface area (Å²) in [5.74, 6) is 3.75. The van der Waals surface area contributed by atoms with Crippen LogP contribution >= 0.6 is 12.4 Å². The molecule has 1 aromatic carbocycles. The lowest BCUT2D eigenvalue weighted by Crippen LogP contribution is -2.31. The van der Waals surface area contributed by atoms with Gasteiger partial charge in [0.1, 0.15) is 0 Å². The normalized spacial score (nSPS) is 13.5. The van der Waals surface area contributed by atoms with Crippen LogP contribution in [0.25, 0.3) is 0 Å². The molecule has 0 fully saturated rings. The van der Waals surface area contributed by atoms with Crippen molar-refractivity contribution in [1.82, 2.24) is 5.43 Å².